The topological polar surface area (TPSA) is 125 Å². The highest BCUT2D eigenvalue weighted by Gasteiger charge is 2.29. The lowest BCUT2D eigenvalue weighted by atomic mass is 9.98. The van der Waals surface area contributed by atoms with E-state index in [0.29, 0.717) is 13.0 Å². The standard InChI is InChI=1S/C26H32N2O6/c1-17(11-12-23(29)28-16-26(2,33)13-24(30)31)14-27-25(32)34-15-22-20-9-5-3-7-18(20)19-8-4-6-10-21(19)22/h3-10,17,22,33H,11-16H2,1-2H3,(H,27,32)(H,28,29)(H,30,31). The molecule has 2 amide bonds. The van der Waals surface area contributed by atoms with Crippen molar-refractivity contribution in [2.45, 2.75) is 44.6 Å². The number of hydrogen-bond donors (Lipinski definition) is 4. The average Bonchev–Trinajstić information content (AvgIpc) is 3.11. The fourth-order valence-electron chi connectivity index (χ4n) is 4.15. The first-order valence-corrected chi connectivity index (χ1v) is 11.5. The van der Waals surface area contributed by atoms with E-state index in [0.717, 1.165) is 11.1 Å². The summed E-state index contributed by atoms with van der Waals surface area (Å²) in [7, 11) is 0. The molecule has 1 aliphatic rings. The van der Waals surface area contributed by atoms with Gasteiger partial charge in [0.25, 0.3) is 0 Å². The molecule has 8 heteroatoms. The Morgan fingerprint density at radius 2 is 1.62 bits per heavy atom. The Morgan fingerprint density at radius 1 is 1.03 bits per heavy atom. The third kappa shape index (κ3) is 6.81. The number of amides is 2. The highest BCUT2D eigenvalue weighted by Crippen LogP contribution is 2.44. The second-order valence-corrected chi connectivity index (χ2v) is 9.19. The van der Waals surface area contributed by atoms with E-state index >= 15 is 0 Å². The fraction of sp³-hybridized carbons (Fsp3) is 0.423. The zero-order chi connectivity index (χ0) is 24.7. The van der Waals surface area contributed by atoms with Crippen LogP contribution >= 0.6 is 0 Å². The predicted octanol–water partition coefficient (Wildman–Crippen LogP) is 3.28. The van der Waals surface area contributed by atoms with Crippen molar-refractivity contribution in [2.24, 2.45) is 5.92 Å². The third-order valence-electron chi connectivity index (χ3n) is 6.00. The molecule has 4 N–H and O–H groups in total. The van der Waals surface area contributed by atoms with Gasteiger partial charge in [0.2, 0.25) is 5.91 Å². The second kappa shape index (κ2) is 11.2. The van der Waals surface area contributed by atoms with E-state index in [-0.39, 0.29) is 37.3 Å². The summed E-state index contributed by atoms with van der Waals surface area (Å²) >= 11 is 0. The first kappa shape index (κ1) is 25.2. The molecular formula is C26H32N2O6. The molecule has 2 atom stereocenters. The maximum absolute atomic E-state index is 12.3. The summed E-state index contributed by atoms with van der Waals surface area (Å²) < 4.78 is 5.52. The lowest BCUT2D eigenvalue weighted by Crippen LogP contribution is -2.42. The maximum Gasteiger partial charge on any atom is 0.407 e. The van der Waals surface area contributed by atoms with Crippen LogP contribution in [0.1, 0.15) is 50.2 Å². The number of carbonyl (C=O) groups is 3. The zero-order valence-corrected chi connectivity index (χ0v) is 19.5. The normalized spacial score (nSPS) is 14.9. The smallest absolute Gasteiger partial charge is 0.407 e. The molecule has 0 bridgehead atoms. The Hall–Kier alpha value is -3.39. The number of hydrogen-bond acceptors (Lipinski definition) is 5. The van der Waals surface area contributed by atoms with Gasteiger partial charge in [-0.05, 0) is 41.5 Å². The SMILES string of the molecule is CC(CCC(=O)NCC(C)(O)CC(=O)O)CNC(=O)OCC1c2ccccc2-c2ccccc21. The Morgan fingerprint density at radius 3 is 2.21 bits per heavy atom. The van der Waals surface area contributed by atoms with Crippen LogP contribution in [0.5, 0.6) is 0 Å². The van der Waals surface area contributed by atoms with E-state index in [1.807, 2.05) is 31.2 Å². The molecule has 182 valence electrons. The summed E-state index contributed by atoms with van der Waals surface area (Å²) in [5.41, 5.74) is 3.14. The summed E-state index contributed by atoms with van der Waals surface area (Å²) in [5, 5.41) is 24.0. The van der Waals surface area contributed by atoms with Crippen LogP contribution in [0.4, 0.5) is 4.79 Å². The minimum Gasteiger partial charge on any atom is -0.481 e. The Balaban J connectivity index is 1.39. The number of carbonyl (C=O) groups excluding carboxylic acids is 2. The van der Waals surface area contributed by atoms with Crippen molar-refractivity contribution in [3.05, 3.63) is 59.7 Å². The number of rotatable bonds is 11. The van der Waals surface area contributed by atoms with Crippen molar-refractivity contribution in [1.82, 2.24) is 10.6 Å². The van der Waals surface area contributed by atoms with Gasteiger partial charge >= 0.3 is 12.1 Å². The van der Waals surface area contributed by atoms with Gasteiger partial charge in [0.1, 0.15) is 6.61 Å². The molecule has 0 saturated carbocycles. The number of ether oxygens (including phenoxy) is 1. The third-order valence-corrected chi connectivity index (χ3v) is 6.00. The highest BCUT2D eigenvalue weighted by molar-refractivity contribution is 5.79. The van der Waals surface area contributed by atoms with Gasteiger partial charge < -0.3 is 25.6 Å². The van der Waals surface area contributed by atoms with Gasteiger partial charge in [-0.15, -0.1) is 0 Å². The lowest BCUT2D eigenvalue weighted by Gasteiger charge is -2.21. The fourth-order valence-corrected chi connectivity index (χ4v) is 4.15. The molecule has 0 saturated heterocycles. The van der Waals surface area contributed by atoms with Gasteiger partial charge in [-0.3, -0.25) is 9.59 Å². The summed E-state index contributed by atoms with van der Waals surface area (Å²) in [5.74, 6) is -1.38. The average molecular weight is 469 g/mol. The first-order chi connectivity index (χ1) is 16.2. The van der Waals surface area contributed by atoms with Crippen LogP contribution in [-0.2, 0) is 14.3 Å². The van der Waals surface area contributed by atoms with E-state index in [4.69, 9.17) is 9.84 Å². The number of fused-ring (bicyclic) bond motifs is 3. The molecule has 34 heavy (non-hydrogen) atoms. The minimum absolute atomic E-state index is 0.00222. The van der Waals surface area contributed by atoms with E-state index in [9.17, 15) is 19.5 Å². The van der Waals surface area contributed by atoms with Crippen molar-refractivity contribution in [1.29, 1.82) is 0 Å². The largest absolute Gasteiger partial charge is 0.481 e. The monoisotopic (exact) mass is 468 g/mol. The van der Waals surface area contributed by atoms with Crippen LogP contribution in [-0.4, -0.2) is 53.5 Å². The summed E-state index contributed by atoms with van der Waals surface area (Å²) in [6.07, 6.45) is -0.219. The molecule has 0 radical (unpaired) electrons. The minimum atomic E-state index is -1.50. The number of alkyl carbamates (subject to hydrolysis) is 1. The van der Waals surface area contributed by atoms with Crippen LogP contribution in [0.25, 0.3) is 11.1 Å². The van der Waals surface area contributed by atoms with E-state index < -0.39 is 24.1 Å². The van der Waals surface area contributed by atoms with Gasteiger partial charge in [0, 0.05) is 25.4 Å². The van der Waals surface area contributed by atoms with Crippen molar-refractivity contribution < 1.29 is 29.3 Å². The molecule has 0 aromatic heterocycles. The number of carboxylic acids is 1. The molecular weight excluding hydrogens is 436 g/mol. The number of nitrogens with one attached hydrogen (secondary N) is 2. The van der Waals surface area contributed by atoms with Crippen LogP contribution in [0.2, 0.25) is 0 Å². The maximum atomic E-state index is 12.3. The Bertz CT molecular complexity index is 990. The van der Waals surface area contributed by atoms with E-state index in [1.54, 1.807) is 0 Å². The molecule has 0 fully saturated rings. The van der Waals surface area contributed by atoms with Crippen LogP contribution in [0, 0.1) is 5.92 Å². The van der Waals surface area contributed by atoms with Gasteiger partial charge in [-0.2, -0.15) is 0 Å². The van der Waals surface area contributed by atoms with Gasteiger partial charge in [-0.25, -0.2) is 4.79 Å². The molecule has 2 aromatic rings. The molecule has 2 unspecified atom stereocenters. The van der Waals surface area contributed by atoms with Gasteiger partial charge in [0.15, 0.2) is 0 Å². The Kier molecular flexibility index (Phi) is 8.28. The van der Waals surface area contributed by atoms with Crippen LogP contribution in [0.15, 0.2) is 48.5 Å². The molecule has 0 spiro atoms. The van der Waals surface area contributed by atoms with Crippen molar-refractivity contribution >= 4 is 18.0 Å². The summed E-state index contributed by atoms with van der Waals surface area (Å²) in [6.45, 7) is 3.75. The van der Waals surface area contributed by atoms with Crippen LogP contribution < -0.4 is 10.6 Å². The summed E-state index contributed by atoms with van der Waals surface area (Å²) in [4.78, 5) is 35.0. The van der Waals surface area contributed by atoms with Crippen molar-refractivity contribution in [3.63, 3.8) is 0 Å². The zero-order valence-electron chi connectivity index (χ0n) is 19.5. The molecule has 1 aliphatic carbocycles. The predicted molar refractivity (Wildman–Crippen MR) is 127 cm³/mol. The summed E-state index contributed by atoms with van der Waals surface area (Å²) in [6, 6.07) is 16.3. The van der Waals surface area contributed by atoms with Gasteiger partial charge in [-0.1, -0.05) is 55.5 Å². The first-order valence-electron chi connectivity index (χ1n) is 11.5. The molecule has 3 rings (SSSR count). The number of aliphatic carboxylic acids is 1. The lowest BCUT2D eigenvalue weighted by molar-refractivity contribution is -0.142. The van der Waals surface area contributed by atoms with E-state index in [1.165, 1.54) is 18.1 Å². The molecule has 0 heterocycles. The molecule has 0 aliphatic heterocycles. The number of carboxylic acid groups (broad SMARTS) is 1. The quantitative estimate of drug-likeness (QED) is 0.401. The van der Waals surface area contributed by atoms with E-state index in [2.05, 4.69) is 34.9 Å². The molecule has 8 nitrogen and oxygen atoms in total. The highest BCUT2D eigenvalue weighted by atomic mass is 16.5. The van der Waals surface area contributed by atoms with Crippen molar-refractivity contribution in [3.8, 4) is 11.1 Å². The van der Waals surface area contributed by atoms with Crippen molar-refractivity contribution in [2.75, 3.05) is 19.7 Å². The number of aliphatic hydroxyl groups is 1. The number of benzene rings is 2. The van der Waals surface area contributed by atoms with Gasteiger partial charge in [0.05, 0.1) is 12.0 Å². The Labute approximate surface area is 199 Å². The second-order valence-electron chi connectivity index (χ2n) is 9.19. The molecule has 2 aromatic carbocycles. The van der Waals surface area contributed by atoms with Crippen LogP contribution in [0.3, 0.4) is 0 Å².